The molecule has 2 rings (SSSR count). The Bertz CT molecular complexity index is 483. The molecular formula is C11H8F5NO2. The van der Waals surface area contributed by atoms with Gasteiger partial charge < -0.3 is 0 Å². The van der Waals surface area contributed by atoms with Crippen LogP contribution in [0.2, 0.25) is 0 Å². The molecule has 0 bridgehead atoms. The number of hydrogen-bond acceptors (Lipinski definition) is 3. The van der Waals surface area contributed by atoms with Crippen LogP contribution in [-0.2, 0) is 4.84 Å². The molecule has 1 heterocycles. The van der Waals surface area contributed by atoms with Crippen LogP contribution in [-0.4, -0.2) is 29.1 Å². The molecule has 2 unspecified atom stereocenters. The molecule has 0 radical (unpaired) electrons. The third-order valence-corrected chi connectivity index (χ3v) is 2.75. The highest BCUT2D eigenvalue weighted by molar-refractivity contribution is 5.96. The van der Waals surface area contributed by atoms with E-state index in [0.717, 1.165) is 0 Å². The second-order valence-corrected chi connectivity index (χ2v) is 4.01. The van der Waals surface area contributed by atoms with E-state index in [4.69, 9.17) is 0 Å². The van der Waals surface area contributed by atoms with Gasteiger partial charge in [-0.25, -0.2) is 13.6 Å². The number of nitrogens with zero attached hydrogens (tertiary/aromatic N) is 1. The maximum Gasteiger partial charge on any atom is 0.356 e. The van der Waals surface area contributed by atoms with Gasteiger partial charge in [0.1, 0.15) is 0 Å². The van der Waals surface area contributed by atoms with E-state index >= 15 is 0 Å². The fourth-order valence-electron chi connectivity index (χ4n) is 1.64. The molecule has 1 aliphatic heterocycles. The Morgan fingerprint density at radius 1 is 1.26 bits per heavy atom. The number of benzene rings is 1. The van der Waals surface area contributed by atoms with Crippen molar-refractivity contribution in [3.05, 3.63) is 35.9 Å². The van der Waals surface area contributed by atoms with E-state index in [2.05, 4.69) is 4.84 Å². The first-order chi connectivity index (χ1) is 8.79. The summed E-state index contributed by atoms with van der Waals surface area (Å²) in [5.41, 5.74) is -0.0916. The fraction of sp³-hybridized carbons (Fsp3) is 0.364. The molecule has 19 heavy (non-hydrogen) atoms. The molecule has 1 aliphatic rings. The van der Waals surface area contributed by atoms with Crippen LogP contribution in [0.5, 0.6) is 0 Å². The molecule has 2 atom stereocenters. The highest BCUT2D eigenvalue weighted by Crippen LogP contribution is 2.49. The lowest BCUT2D eigenvalue weighted by Crippen LogP contribution is -2.50. The van der Waals surface area contributed by atoms with Gasteiger partial charge in [-0.15, -0.1) is 4.48 Å². The van der Waals surface area contributed by atoms with Crippen molar-refractivity contribution in [3.63, 3.8) is 0 Å². The number of carbonyl (C=O) groups excluding carboxylic acids is 1. The molecule has 3 nitrogen and oxygen atoms in total. The van der Waals surface area contributed by atoms with Crippen LogP contribution < -0.4 is 0 Å². The van der Waals surface area contributed by atoms with Gasteiger partial charge in [-0.3, -0.25) is 4.79 Å². The number of Topliss-reactive ketones (excluding diaryl/α,β-unsaturated/α-hetero) is 1. The summed E-state index contributed by atoms with van der Waals surface area (Å²) in [6.07, 6.45) is -5.05. The minimum Gasteiger partial charge on any atom is -0.294 e. The minimum absolute atomic E-state index is 0.0916. The molecule has 0 saturated carbocycles. The van der Waals surface area contributed by atoms with Crippen LogP contribution in [0.3, 0.4) is 0 Å². The Kier molecular flexibility index (Phi) is 3.31. The maximum absolute atomic E-state index is 13.9. The molecule has 0 aliphatic carbocycles. The van der Waals surface area contributed by atoms with Gasteiger partial charge in [0.25, 0.3) is 12.2 Å². The zero-order valence-corrected chi connectivity index (χ0v) is 9.32. The summed E-state index contributed by atoms with van der Waals surface area (Å²) in [7, 11) is 0. The number of hydrogen-bond donors (Lipinski definition) is 0. The van der Waals surface area contributed by atoms with E-state index < -0.39 is 35.6 Å². The predicted octanol–water partition coefficient (Wildman–Crippen LogP) is 2.99. The van der Waals surface area contributed by atoms with Crippen LogP contribution in [0.1, 0.15) is 16.8 Å². The van der Waals surface area contributed by atoms with Crippen LogP contribution in [0.25, 0.3) is 0 Å². The average molecular weight is 281 g/mol. The average Bonchev–Trinajstić information content (AvgIpc) is 2.52. The fourth-order valence-corrected chi connectivity index (χ4v) is 1.64. The van der Waals surface area contributed by atoms with E-state index in [1.54, 1.807) is 6.07 Å². The van der Waals surface area contributed by atoms with E-state index in [9.17, 15) is 26.8 Å². The van der Waals surface area contributed by atoms with E-state index in [1.807, 2.05) is 0 Å². The van der Waals surface area contributed by atoms with Gasteiger partial charge in [0.05, 0.1) is 6.42 Å². The zero-order chi connectivity index (χ0) is 14.3. The number of alkyl halides is 4. The van der Waals surface area contributed by atoms with E-state index in [1.165, 1.54) is 24.3 Å². The highest BCUT2D eigenvalue weighted by Gasteiger charge is 2.73. The molecular weight excluding hydrogens is 273 g/mol. The number of carbonyl (C=O) groups is 1. The molecule has 0 aromatic heterocycles. The first-order valence-corrected chi connectivity index (χ1v) is 5.21. The molecule has 1 fully saturated rings. The third-order valence-electron chi connectivity index (χ3n) is 2.75. The Balaban J connectivity index is 2.25. The SMILES string of the molecule is O=C(CC1(F)N(F)OC(F)C1(F)F)c1ccccc1. The van der Waals surface area contributed by atoms with Crippen LogP contribution in [0.4, 0.5) is 22.0 Å². The Morgan fingerprint density at radius 3 is 2.32 bits per heavy atom. The maximum atomic E-state index is 13.9. The summed E-state index contributed by atoms with van der Waals surface area (Å²) >= 11 is 0. The number of ketones is 1. The van der Waals surface area contributed by atoms with Crippen molar-refractivity contribution in [2.24, 2.45) is 0 Å². The van der Waals surface area contributed by atoms with Gasteiger partial charge in [0, 0.05) is 10.8 Å². The van der Waals surface area contributed by atoms with Crippen molar-refractivity contribution in [1.82, 2.24) is 5.29 Å². The van der Waals surface area contributed by atoms with Gasteiger partial charge >= 0.3 is 5.92 Å². The molecule has 0 spiro atoms. The summed E-state index contributed by atoms with van der Waals surface area (Å²) < 4.78 is 65.9. The Hall–Kier alpha value is -1.54. The van der Waals surface area contributed by atoms with Crippen LogP contribution in [0.15, 0.2) is 30.3 Å². The first-order valence-electron chi connectivity index (χ1n) is 5.21. The lowest BCUT2D eigenvalue weighted by atomic mass is 9.98. The first kappa shape index (κ1) is 13.9. The molecule has 1 saturated heterocycles. The Morgan fingerprint density at radius 2 is 1.84 bits per heavy atom. The summed E-state index contributed by atoms with van der Waals surface area (Å²) in [4.78, 5) is 15.0. The quantitative estimate of drug-likeness (QED) is 0.369. The molecule has 104 valence electrons. The molecule has 1 aromatic rings. The van der Waals surface area contributed by atoms with E-state index in [-0.39, 0.29) is 5.56 Å². The molecule has 0 N–H and O–H groups in total. The van der Waals surface area contributed by atoms with Gasteiger partial charge in [0.2, 0.25) is 0 Å². The largest absolute Gasteiger partial charge is 0.356 e. The smallest absolute Gasteiger partial charge is 0.294 e. The van der Waals surface area contributed by atoms with Crippen molar-refractivity contribution < 1.29 is 31.7 Å². The van der Waals surface area contributed by atoms with Crippen LogP contribution in [0, 0.1) is 0 Å². The van der Waals surface area contributed by atoms with Crippen molar-refractivity contribution in [2.45, 2.75) is 24.5 Å². The molecule has 0 amide bonds. The standard InChI is InChI=1S/C11H8F5NO2/c12-9-11(14,15)10(13,17(16)19-9)6-8(18)7-4-2-1-3-5-7/h1-5,9H,6H2. The van der Waals surface area contributed by atoms with Gasteiger partial charge in [0.15, 0.2) is 5.78 Å². The summed E-state index contributed by atoms with van der Waals surface area (Å²) in [5, 5.41) is -1.43. The van der Waals surface area contributed by atoms with Gasteiger partial charge in [-0.1, -0.05) is 30.3 Å². The third kappa shape index (κ3) is 2.10. The lowest BCUT2D eigenvalue weighted by molar-refractivity contribution is -0.345. The second-order valence-electron chi connectivity index (χ2n) is 4.01. The van der Waals surface area contributed by atoms with E-state index in [0.29, 0.717) is 0 Å². The van der Waals surface area contributed by atoms with Crippen molar-refractivity contribution in [1.29, 1.82) is 0 Å². The zero-order valence-electron chi connectivity index (χ0n) is 9.32. The van der Waals surface area contributed by atoms with Crippen molar-refractivity contribution >= 4 is 5.78 Å². The number of halogens is 5. The predicted molar refractivity (Wildman–Crippen MR) is 53.1 cm³/mol. The van der Waals surface area contributed by atoms with Gasteiger partial charge in [-0.05, 0) is 0 Å². The summed E-state index contributed by atoms with van der Waals surface area (Å²) in [6, 6.07) is 6.89. The normalized spacial score (nSPS) is 30.5. The summed E-state index contributed by atoms with van der Waals surface area (Å²) in [5.74, 6) is -10.0. The van der Waals surface area contributed by atoms with Crippen molar-refractivity contribution in [3.8, 4) is 0 Å². The number of rotatable bonds is 3. The number of hydroxylamine groups is 1. The second kappa shape index (κ2) is 4.53. The topological polar surface area (TPSA) is 29.5 Å². The lowest BCUT2D eigenvalue weighted by Gasteiger charge is -2.25. The Labute approximate surface area is 104 Å². The van der Waals surface area contributed by atoms with Crippen LogP contribution >= 0.6 is 0 Å². The highest BCUT2D eigenvalue weighted by atomic mass is 19.3. The monoisotopic (exact) mass is 281 g/mol. The molecule has 8 heteroatoms. The molecule has 1 aromatic carbocycles. The minimum atomic E-state index is -4.79. The van der Waals surface area contributed by atoms with Gasteiger partial charge in [-0.2, -0.15) is 8.78 Å². The summed E-state index contributed by atoms with van der Waals surface area (Å²) in [6.45, 7) is 0. The van der Waals surface area contributed by atoms with Crippen molar-refractivity contribution in [2.75, 3.05) is 0 Å².